The summed E-state index contributed by atoms with van der Waals surface area (Å²) in [5, 5.41) is 5.32. The lowest BCUT2D eigenvalue weighted by molar-refractivity contribution is 0.156. The Morgan fingerprint density at radius 2 is 1.70 bits per heavy atom. The van der Waals surface area contributed by atoms with Crippen molar-refractivity contribution in [1.82, 2.24) is 34.7 Å². The number of aryl methyl sites for hydroxylation is 2. The molecule has 0 bridgehead atoms. The smallest absolute Gasteiger partial charge is 0.316 e. The minimum absolute atomic E-state index is 0.0837. The van der Waals surface area contributed by atoms with Crippen LogP contribution in [-0.4, -0.2) is 53.9 Å². The number of aromatic nitrogens is 7. The third-order valence-electron chi connectivity index (χ3n) is 5.34. The Labute approximate surface area is 173 Å². The van der Waals surface area contributed by atoms with E-state index < -0.39 is 0 Å². The van der Waals surface area contributed by atoms with Crippen LogP contribution < -0.4 is 9.64 Å². The first-order chi connectivity index (χ1) is 14.7. The van der Waals surface area contributed by atoms with Crippen LogP contribution in [0.4, 0.5) is 5.82 Å². The van der Waals surface area contributed by atoms with Crippen LogP contribution in [0.15, 0.2) is 43.1 Å². The van der Waals surface area contributed by atoms with Crippen molar-refractivity contribution < 1.29 is 4.74 Å². The van der Waals surface area contributed by atoms with Crippen LogP contribution in [0.3, 0.4) is 0 Å². The third-order valence-corrected chi connectivity index (χ3v) is 5.34. The molecule has 0 spiro atoms. The SMILES string of the molecule is Cc1nc(N2CCC(Oc3ncc(-c4ccncc4)cn3)CC2)c2cnn(C)c2n1. The fraction of sp³-hybridized carbons (Fsp3) is 0.333. The first kappa shape index (κ1) is 18.4. The summed E-state index contributed by atoms with van der Waals surface area (Å²) in [6.45, 7) is 3.61. The molecule has 9 nitrogen and oxygen atoms in total. The third kappa shape index (κ3) is 3.54. The van der Waals surface area contributed by atoms with Crippen molar-refractivity contribution in [2.75, 3.05) is 18.0 Å². The fourth-order valence-electron chi connectivity index (χ4n) is 3.76. The monoisotopic (exact) mass is 402 g/mol. The first-order valence-corrected chi connectivity index (χ1v) is 9.98. The molecule has 5 rings (SSSR count). The standard InChI is InChI=1S/C21H22N8O/c1-14-26-19-18(13-25-28(19)2)20(27-14)29-9-5-17(6-10-29)30-21-23-11-16(12-24-21)15-3-7-22-8-4-15/h3-4,7-8,11-13,17H,5-6,9-10H2,1-2H3. The zero-order valence-corrected chi connectivity index (χ0v) is 16.9. The number of pyridine rings is 1. The van der Waals surface area contributed by atoms with Crippen molar-refractivity contribution in [2.45, 2.75) is 25.9 Å². The molecule has 0 atom stereocenters. The lowest BCUT2D eigenvalue weighted by atomic mass is 10.1. The van der Waals surface area contributed by atoms with E-state index in [0.29, 0.717) is 6.01 Å². The van der Waals surface area contributed by atoms with Gasteiger partial charge in [-0.15, -0.1) is 0 Å². The molecule has 0 aromatic carbocycles. The van der Waals surface area contributed by atoms with Crippen molar-refractivity contribution in [3.63, 3.8) is 0 Å². The van der Waals surface area contributed by atoms with Crippen molar-refractivity contribution >= 4 is 16.9 Å². The fourth-order valence-corrected chi connectivity index (χ4v) is 3.76. The summed E-state index contributed by atoms with van der Waals surface area (Å²) in [6.07, 6.45) is 10.8. The number of rotatable bonds is 4. The number of ether oxygens (including phenoxy) is 1. The highest BCUT2D eigenvalue weighted by atomic mass is 16.5. The van der Waals surface area contributed by atoms with Gasteiger partial charge in [0.15, 0.2) is 5.65 Å². The lowest BCUT2D eigenvalue weighted by Gasteiger charge is -2.32. The van der Waals surface area contributed by atoms with E-state index >= 15 is 0 Å². The largest absolute Gasteiger partial charge is 0.460 e. The molecule has 1 saturated heterocycles. The summed E-state index contributed by atoms with van der Waals surface area (Å²) in [7, 11) is 1.90. The summed E-state index contributed by atoms with van der Waals surface area (Å²) in [6, 6.07) is 4.28. The minimum atomic E-state index is 0.0837. The molecule has 30 heavy (non-hydrogen) atoms. The van der Waals surface area contributed by atoms with E-state index in [1.807, 2.05) is 32.3 Å². The average Bonchev–Trinajstić information content (AvgIpc) is 3.15. The van der Waals surface area contributed by atoms with Gasteiger partial charge in [-0.25, -0.2) is 19.9 Å². The highest BCUT2D eigenvalue weighted by Crippen LogP contribution is 2.27. The van der Waals surface area contributed by atoms with Gasteiger partial charge in [0.25, 0.3) is 0 Å². The zero-order chi connectivity index (χ0) is 20.5. The van der Waals surface area contributed by atoms with Gasteiger partial charge in [-0.2, -0.15) is 5.10 Å². The molecule has 9 heteroatoms. The van der Waals surface area contributed by atoms with Crippen LogP contribution in [0.5, 0.6) is 6.01 Å². The number of nitrogens with zero attached hydrogens (tertiary/aromatic N) is 8. The second-order valence-corrected chi connectivity index (χ2v) is 7.39. The van der Waals surface area contributed by atoms with Gasteiger partial charge in [-0.3, -0.25) is 9.67 Å². The predicted octanol–water partition coefficient (Wildman–Crippen LogP) is 2.57. The first-order valence-electron chi connectivity index (χ1n) is 9.98. The molecular formula is C21H22N8O. The van der Waals surface area contributed by atoms with Gasteiger partial charge in [0.05, 0.1) is 11.6 Å². The Hall–Kier alpha value is -3.62. The lowest BCUT2D eigenvalue weighted by Crippen LogP contribution is -2.39. The summed E-state index contributed by atoms with van der Waals surface area (Å²) in [5.41, 5.74) is 2.84. The highest BCUT2D eigenvalue weighted by Gasteiger charge is 2.24. The maximum Gasteiger partial charge on any atom is 0.316 e. The Balaban J connectivity index is 1.25. The zero-order valence-electron chi connectivity index (χ0n) is 16.9. The number of fused-ring (bicyclic) bond motifs is 1. The van der Waals surface area contributed by atoms with Crippen molar-refractivity contribution in [1.29, 1.82) is 0 Å². The maximum absolute atomic E-state index is 6.04. The molecule has 0 aliphatic carbocycles. The summed E-state index contributed by atoms with van der Waals surface area (Å²) < 4.78 is 7.82. The normalized spacial score (nSPS) is 14.9. The molecular weight excluding hydrogens is 380 g/mol. The molecule has 1 aliphatic rings. The van der Waals surface area contributed by atoms with Crippen LogP contribution in [0.25, 0.3) is 22.2 Å². The van der Waals surface area contributed by atoms with Gasteiger partial charge in [-0.05, 0) is 24.6 Å². The molecule has 0 radical (unpaired) electrons. The van der Waals surface area contributed by atoms with Crippen molar-refractivity contribution in [2.24, 2.45) is 7.05 Å². The number of hydrogen-bond donors (Lipinski definition) is 0. The van der Waals surface area contributed by atoms with Gasteiger partial charge in [0.1, 0.15) is 17.7 Å². The molecule has 0 amide bonds. The van der Waals surface area contributed by atoms with Crippen LogP contribution >= 0.6 is 0 Å². The van der Waals surface area contributed by atoms with E-state index in [2.05, 4.69) is 34.9 Å². The van der Waals surface area contributed by atoms with E-state index in [4.69, 9.17) is 4.74 Å². The Morgan fingerprint density at radius 1 is 0.967 bits per heavy atom. The summed E-state index contributed by atoms with van der Waals surface area (Å²) in [5.74, 6) is 1.70. The van der Waals surface area contributed by atoms with Crippen LogP contribution in [-0.2, 0) is 7.05 Å². The Kier molecular flexibility index (Phi) is 4.70. The van der Waals surface area contributed by atoms with E-state index in [-0.39, 0.29) is 6.10 Å². The van der Waals surface area contributed by atoms with E-state index in [9.17, 15) is 0 Å². The van der Waals surface area contributed by atoms with Crippen LogP contribution in [0.1, 0.15) is 18.7 Å². The predicted molar refractivity (Wildman–Crippen MR) is 112 cm³/mol. The van der Waals surface area contributed by atoms with E-state index in [1.54, 1.807) is 29.5 Å². The highest BCUT2D eigenvalue weighted by molar-refractivity contribution is 5.87. The van der Waals surface area contributed by atoms with Crippen molar-refractivity contribution in [3.05, 3.63) is 48.9 Å². The molecule has 4 aromatic heterocycles. The second-order valence-electron chi connectivity index (χ2n) is 7.39. The number of anilines is 1. The maximum atomic E-state index is 6.04. The number of hydrogen-bond acceptors (Lipinski definition) is 8. The van der Waals surface area contributed by atoms with Crippen LogP contribution in [0, 0.1) is 6.92 Å². The van der Waals surface area contributed by atoms with Gasteiger partial charge in [0.2, 0.25) is 0 Å². The van der Waals surface area contributed by atoms with Crippen molar-refractivity contribution in [3.8, 4) is 17.1 Å². The average molecular weight is 402 g/mol. The molecule has 5 heterocycles. The number of piperidine rings is 1. The second kappa shape index (κ2) is 7.66. The van der Waals surface area contributed by atoms with Gasteiger partial charge in [-0.1, -0.05) is 0 Å². The van der Waals surface area contributed by atoms with Gasteiger partial charge >= 0.3 is 6.01 Å². The molecule has 0 saturated carbocycles. The van der Waals surface area contributed by atoms with E-state index in [0.717, 1.165) is 59.7 Å². The quantitative estimate of drug-likeness (QED) is 0.514. The molecule has 0 unspecified atom stereocenters. The molecule has 1 aliphatic heterocycles. The minimum Gasteiger partial charge on any atom is -0.460 e. The molecule has 0 N–H and O–H groups in total. The van der Waals surface area contributed by atoms with E-state index in [1.165, 1.54) is 0 Å². The Morgan fingerprint density at radius 3 is 2.43 bits per heavy atom. The van der Waals surface area contributed by atoms with Gasteiger partial charge < -0.3 is 9.64 Å². The topological polar surface area (TPSA) is 94.7 Å². The summed E-state index contributed by atoms with van der Waals surface area (Å²) >= 11 is 0. The van der Waals surface area contributed by atoms with Gasteiger partial charge in [0, 0.05) is 63.3 Å². The Bertz CT molecular complexity index is 1150. The molecule has 1 fully saturated rings. The van der Waals surface area contributed by atoms with Crippen LogP contribution in [0.2, 0.25) is 0 Å². The summed E-state index contributed by atoms with van der Waals surface area (Å²) in [4.78, 5) is 24.3. The molecule has 152 valence electrons. The molecule has 4 aromatic rings.